The number of nitrogens with one attached hydrogen (secondary N) is 1. The maximum atomic E-state index is 3.70. The lowest BCUT2D eigenvalue weighted by atomic mass is 9.90. The van der Waals surface area contributed by atoms with Crippen molar-refractivity contribution in [3.8, 4) is 0 Å². The number of hydrogen-bond donors (Lipinski definition) is 1. The highest BCUT2D eigenvalue weighted by atomic mass is 79.9. The van der Waals surface area contributed by atoms with Crippen molar-refractivity contribution in [1.82, 2.24) is 5.32 Å². The first kappa shape index (κ1) is 14.1. The first-order valence-electron chi connectivity index (χ1n) is 7.13. The lowest BCUT2D eigenvalue weighted by molar-refractivity contribution is 0.374. The molecule has 1 saturated carbocycles. The van der Waals surface area contributed by atoms with Crippen LogP contribution >= 0.6 is 15.9 Å². The zero-order valence-corrected chi connectivity index (χ0v) is 13.3. The van der Waals surface area contributed by atoms with Gasteiger partial charge in [0.15, 0.2) is 0 Å². The highest BCUT2D eigenvalue weighted by molar-refractivity contribution is 9.10. The van der Waals surface area contributed by atoms with Gasteiger partial charge in [-0.05, 0) is 55.8 Å². The molecule has 0 heterocycles. The van der Waals surface area contributed by atoms with Crippen molar-refractivity contribution in [1.29, 1.82) is 0 Å². The van der Waals surface area contributed by atoms with Crippen molar-refractivity contribution in [3.63, 3.8) is 0 Å². The third kappa shape index (κ3) is 2.97. The molecule has 2 rings (SSSR count). The van der Waals surface area contributed by atoms with Gasteiger partial charge in [-0.2, -0.15) is 0 Å². The van der Waals surface area contributed by atoms with Crippen LogP contribution in [-0.2, 0) is 0 Å². The van der Waals surface area contributed by atoms with Crippen LogP contribution in [0.3, 0.4) is 0 Å². The van der Waals surface area contributed by atoms with Crippen LogP contribution in [0, 0.1) is 19.8 Å². The first-order valence-corrected chi connectivity index (χ1v) is 7.92. The maximum Gasteiger partial charge on any atom is 0.0348 e. The molecular formula is C16H24BrN. The van der Waals surface area contributed by atoms with E-state index in [0.29, 0.717) is 6.04 Å². The predicted molar refractivity (Wildman–Crippen MR) is 82.0 cm³/mol. The molecule has 0 bridgehead atoms. The lowest BCUT2D eigenvalue weighted by Gasteiger charge is -2.26. The molecule has 1 N–H and O–H groups in total. The maximum absolute atomic E-state index is 3.70. The quantitative estimate of drug-likeness (QED) is 0.833. The van der Waals surface area contributed by atoms with E-state index in [9.17, 15) is 0 Å². The van der Waals surface area contributed by atoms with Crippen molar-refractivity contribution in [2.24, 2.45) is 5.92 Å². The summed E-state index contributed by atoms with van der Waals surface area (Å²) >= 11 is 3.66. The molecule has 0 saturated heterocycles. The molecule has 2 heteroatoms. The lowest BCUT2D eigenvalue weighted by Crippen LogP contribution is -2.27. The van der Waals surface area contributed by atoms with Crippen LogP contribution in [0.2, 0.25) is 0 Å². The monoisotopic (exact) mass is 309 g/mol. The van der Waals surface area contributed by atoms with Gasteiger partial charge in [0.1, 0.15) is 0 Å². The van der Waals surface area contributed by atoms with Crippen LogP contribution in [0.4, 0.5) is 0 Å². The highest BCUT2D eigenvalue weighted by Gasteiger charge is 2.26. The fourth-order valence-corrected chi connectivity index (χ4v) is 3.46. The van der Waals surface area contributed by atoms with E-state index >= 15 is 0 Å². The summed E-state index contributed by atoms with van der Waals surface area (Å²) in [6, 6.07) is 5.24. The Labute approximate surface area is 119 Å². The Balaban J connectivity index is 2.29. The summed E-state index contributed by atoms with van der Waals surface area (Å²) in [5, 5.41) is 3.70. The highest BCUT2D eigenvalue weighted by Crippen LogP contribution is 2.37. The van der Waals surface area contributed by atoms with Crippen molar-refractivity contribution >= 4 is 15.9 Å². The zero-order valence-electron chi connectivity index (χ0n) is 11.7. The number of rotatable bonds is 4. The second kappa shape index (κ2) is 6.21. The summed E-state index contributed by atoms with van der Waals surface area (Å²) in [5.74, 6) is 0.824. The summed E-state index contributed by atoms with van der Waals surface area (Å²) in [6.45, 7) is 7.65. The van der Waals surface area contributed by atoms with Gasteiger partial charge >= 0.3 is 0 Å². The van der Waals surface area contributed by atoms with Gasteiger partial charge < -0.3 is 5.32 Å². The first-order chi connectivity index (χ1) is 8.63. The number of benzene rings is 1. The molecule has 0 aromatic heterocycles. The van der Waals surface area contributed by atoms with E-state index in [4.69, 9.17) is 0 Å². The van der Waals surface area contributed by atoms with E-state index in [1.54, 1.807) is 0 Å². The van der Waals surface area contributed by atoms with Gasteiger partial charge in [-0.3, -0.25) is 0 Å². The van der Waals surface area contributed by atoms with E-state index in [-0.39, 0.29) is 0 Å². The largest absolute Gasteiger partial charge is 0.310 e. The molecule has 1 aliphatic rings. The molecule has 1 aliphatic carbocycles. The van der Waals surface area contributed by atoms with E-state index in [1.807, 2.05) is 0 Å². The Kier molecular flexibility index (Phi) is 4.85. The normalized spacial score (nSPS) is 18.2. The molecule has 0 aliphatic heterocycles. The van der Waals surface area contributed by atoms with Crippen LogP contribution in [0.15, 0.2) is 16.6 Å². The third-order valence-electron chi connectivity index (χ3n) is 4.11. The van der Waals surface area contributed by atoms with Gasteiger partial charge in [-0.15, -0.1) is 0 Å². The predicted octanol–water partition coefficient (Wildman–Crippen LogP) is 4.91. The number of aryl methyl sites for hydroxylation is 2. The number of halogens is 1. The summed E-state index contributed by atoms with van der Waals surface area (Å²) in [4.78, 5) is 0. The molecule has 0 amide bonds. The van der Waals surface area contributed by atoms with Gasteiger partial charge in [-0.25, -0.2) is 0 Å². The Morgan fingerprint density at radius 2 is 1.78 bits per heavy atom. The van der Waals surface area contributed by atoms with Crippen LogP contribution in [-0.4, -0.2) is 6.54 Å². The van der Waals surface area contributed by atoms with E-state index in [2.05, 4.69) is 54.2 Å². The van der Waals surface area contributed by atoms with Crippen LogP contribution in [0.25, 0.3) is 0 Å². The molecule has 1 aromatic carbocycles. The minimum atomic E-state index is 0.544. The van der Waals surface area contributed by atoms with Crippen LogP contribution in [0.1, 0.15) is 55.3 Å². The second-order valence-corrected chi connectivity index (χ2v) is 6.34. The molecule has 0 spiro atoms. The second-order valence-electron chi connectivity index (χ2n) is 5.55. The number of hydrogen-bond acceptors (Lipinski definition) is 1. The molecule has 1 nitrogen and oxygen atoms in total. The third-order valence-corrected chi connectivity index (χ3v) is 5.36. The Hall–Kier alpha value is -0.340. The van der Waals surface area contributed by atoms with Crippen molar-refractivity contribution in [2.45, 2.75) is 52.5 Å². The van der Waals surface area contributed by atoms with E-state index in [1.165, 1.54) is 46.8 Å². The average molecular weight is 310 g/mol. The van der Waals surface area contributed by atoms with Crippen molar-refractivity contribution in [3.05, 3.63) is 33.3 Å². The molecule has 1 fully saturated rings. The molecular weight excluding hydrogens is 286 g/mol. The smallest absolute Gasteiger partial charge is 0.0348 e. The summed E-state index contributed by atoms with van der Waals surface area (Å²) < 4.78 is 1.26. The molecule has 0 radical (unpaired) electrons. The molecule has 1 aromatic rings. The van der Waals surface area contributed by atoms with Crippen molar-refractivity contribution in [2.75, 3.05) is 6.54 Å². The minimum absolute atomic E-state index is 0.544. The van der Waals surface area contributed by atoms with Gasteiger partial charge in [0, 0.05) is 10.5 Å². The standard InChI is InChI=1S/C16H24BrN/c1-4-18-16(13-7-5-6-8-13)14-9-11(2)15(17)12(3)10-14/h9-10,13,16,18H,4-8H2,1-3H3. The Morgan fingerprint density at radius 1 is 1.22 bits per heavy atom. The summed E-state index contributed by atoms with van der Waals surface area (Å²) in [6.07, 6.45) is 5.57. The van der Waals surface area contributed by atoms with Gasteiger partial charge in [0.25, 0.3) is 0 Å². The Morgan fingerprint density at radius 3 is 2.28 bits per heavy atom. The van der Waals surface area contributed by atoms with Gasteiger partial charge in [-0.1, -0.05) is 47.8 Å². The zero-order chi connectivity index (χ0) is 13.1. The fraction of sp³-hybridized carbons (Fsp3) is 0.625. The topological polar surface area (TPSA) is 12.0 Å². The van der Waals surface area contributed by atoms with Gasteiger partial charge in [0.2, 0.25) is 0 Å². The fourth-order valence-electron chi connectivity index (χ4n) is 3.23. The minimum Gasteiger partial charge on any atom is -0.310 e. The van der Waals surface area contributed by atoms with Crippen molar-refractivity contribution < 1.29 is 0 Å². The SMILES string of the molecule is CCNC(c1cc(C)c(Br)c(C)c1)C1CCCC1. The van der Waals surface area contributed by atoms with E-state index in [0.717, 1.165) is 12.5 Å². The molecule has 18 heavy (non-hydrogen) atoms. The average Bonchev–Trinajstić information content (AvgIpc) is 2.86. The summed E-state index contributed by atoms with van der Waals surface area (Å²) in [5.41, 5.74) is 4.18. The van der Waals surface area contributed by atoms with E-state index < -0.39 is 0 Å². The molecule has 1 unspecified atom stereocenters. The molecule has 100 valence electrons. The van der Waals surface area contributed by atoms with Gasteiger partial charge in [0.05, 0.1) is 0 Å². The van der Waals surface area contributed by atoms with Crippen LogP contribution < -0.4 is 5.32 Å². The Bertz CT molecular complexity index is 385. The van der Waals surface area contributed by atoms with Crippen LogP contribution in [0.5, 0.6) is 0 Å². The molecule has 1 atom stereocenters. The summed E-state index contributed by atoms with van der Waals surface area (Å²) in [7, 11) is 0.